The van der Waals surface area contributed by atoms with Crippen molar-refractivity contribution >= 4 is 28.9 Å². The summed E-state index contributed by atoms with van der Waals surface area (Å²) in [5.74, 6) is 0.475. The van der Waals surface area contributed by atoms with Crippen LogP contribution in [0.1, 0.15) is 29.8 Å². The van der Waals surface area contributed by atoms with Gasteiger partial charge < -0.3 is 19.7 Å². The second kappa shape index (κ2) is 8.68. The number of aliphatic hydroxyl groups is 1. The Labute approximate surface area is 174 Å². The Morgan fingerprint density at radius 2 is 1.97 bits per heavy atom. The van der Waals surface area contributed by atoms with Crippen molar-refractivity contribution in [3.63, 3.8) is 0 Å². The predicted octanol–water partition coefficient (Wildman–Crippen LogP) is 4.60. The van der Waals surface area contributed by atoms with Crippen LogP contribution in [0.3, 0.4) is 0 Å². The van der Waals surface area contributed by atoms with Gasteiger partial charge >= 0.3 is 0 Å². The van der Waals surface area contributed by atoms with E-state index in [4.69, 9.17) is 16.0 Å². The van der Waals surface area contributed by atoms with Gasteiger partial charge in [0.1, 0.15) is 5.76 Å². The van der Waals surface area contributed by atoms with Gasteiger partial charge in [-0.3, -0.25) is 9.78 Å². The molecular weight excluding hydrogens is 390 g/mol. The number of aliphatic hydroxyl groups excluding tert-OH is 1. The smallest absolute Gasteiger partial charge is 0.291 e. The highest BCUT2D eigenvalue weighted by Gasteiger charge is 2.20. The molecule has 1 amide bonds. The Kier molecular flexibility index (Phi) is 5.83. The Morgan fingerprint density at radius 1 is 1.14 bits per heavy atom. The second-order valence-corrected chi connectivity index (χ2v) is 7.52. The third kappa shape index (κ3) is 4.60. The fraction of sp³-hybridized carbons (Fsp3) is 0.273. The molecule has 6 nitrogen and oxygen atoms in total. The van der Waals surface area contributed by atoms with E-state index in [0.29, 0.717) is 22.9 Å². The summed E-state index contributed by atoms with van der Waals surface area (Å²) in [6.07, 6.45) is 5.45. The summed E-state index contributed by atoms with van der Waals surface area (Å²) in [7, 11) is 0. The maximum Gasteiger partial charge on any atom is 0.291 e. The average molecular weight is 412 g/mol. The lowest BCUT2D eigenvalue weighted by Crippen LogP contribution is -2.26. The van der Waals surface area contributed by atoms with Crippen molar-refractivity contribution in [2.45, 2.75) is 25.4 Å². The maximum atomic E-state index is 12.8. The first-order valence-corrected chi connectivity index (χ1v) is 10.0. The Balaban J connectivity index is 1.55. The van der Waals surface area contributed by atoms with Gasteiger partial charge in [0, 0.05) is 36.1 Å². The number of furan rings is 1. The standard InChI is InChI=1S/C22H22ClN3O3/c23-16-3-4-19(26-12-1-2-17(27)9-13-26)18(14-16)25-22(28)21-6-5-20(29-21)15-7-10-24-11-8-15/h3-8,10-11,14,17,27H,1-2,9,12-13H2,(H,25,28). The minimum absolute atomic E-state index is 0.217. The zero-order chi connectivity index (χ0) is 20.2. The molecule has 7 heteroatoms. The summed E-state index contributed by atoms with van der Waals surface area (Å²) in [5.41, 5.74) is 2.36. The number of anilines is 2. The zero-order valence-electron chi connectivity index (χ0n) is 15.8. The van der Waals surface area contributed by atoms with Crippen LogP contribution in [0.4, 0.5) is 11.4 Å². The van der Waals surface area contributed by atoms with Gasteiger partial charge in [-0.05, 0) is 61.7 Å². The summed E-state index contributed by atoms with van der Waals surface area (Å²) in [4.78, 5) is 19.0. The summed E-state index contributed by atoms with van der Waals surface area (Å²) < 4.78 is 5.73. The summed E-state index contributed by atoms with van der Waals surface area (Å²) in [5, 5.41) is 13.4. The zero-order valence-corrected chi connectivity index (χ0v) is 16.6. The number of hydrogen-bond acceptors (Lipinski definition) is 5. The van der Waals surface area contributed by atoms with Crippen LogP contribution in [0.5, 0.6) is 0 Å². The number of carbonyl (C=O) groups is 1. The third-order valence-electron chi connectivity index (χ3n) is 5.04. The number of benzene rings is 1. The monoisotopic (exact) mass is 411 g/mol. The Hall–Kier alpha value is -2.83. The van der Waals surface area contributed by atoms with Crippen LogP contribution < -0.4 is 10.2 Å². The molecule has 1 aromatic carbocycles. The number of halogens is 1. The van der Waals surface area contributed by atoms with E-state index < -0.39 is 0 Å². The highest BCUT2D eigenvalue weighted by molar-refractivity contribution is 6.31. The van der Waals surface area contributed by atoms with Gasteiger partial charge in [-0.2, -0.15) is 0 Å². The van der Waals surface area contributed by atoms with Crippen molar-refractivity contribution in [3.05, 3.63) is 65.6 Å². The van der Waals surface area contributed by atoms with Gasteiger partial charge in [-0.25, -0.2) is 0 Å². The molecule has 1 fully saturated rings. The van der Waals surface area contributed by atoms with Crippen LogP contribution in [-0.2, 0) is 0 Å². The van der Waals surface area contributed by atoms with Gasteiger partial charge in [0.15, 0.2) is 5.76 Å². The Morgan fingerprint density at radius 3 is 2.79 bits per heavy atom. The first-order chi connectivity index (χ1) is 14.1. The molecule has 29 heavy (non-hydrogen) atoms. The second-order valence-electron chi connectivity index (χ2n) is 7.09. The predicted molar refractivity (Wildman–Crippen MR) is 113 cm³/mol. The molecule has 2 N–H and O–H groups in total. The van der Waals surface area contributed by atoms with Gasteiger partial charge in [0.05, 0.1) is 17.5 Å². The molecule has 3 aromatic rings. The lowest BCUT2D eigenvalue weighted by atomic mass is 10.2. The molecule has 0 radical (unpaired) electrons. The largest absolute Gasteiger partial charge is 0.451 e. The average Bonchev–Trinajstić information content (AvgIpc) is 3.13. The highest BCUT2D eigenvalue weighted by Crippen LogP contribution is 2.32. The summed E-state index contributed by atoms with van der Waals surface area (Å²) in [6.45, 7) is 1.53. The number of rotatable bonds is 4. The number of nitrogens with zero attached hydrogens (tertiary/aromatic N) is 2. The van der Waals surface area contributed by atoms with Crippen molar-refractivity contribution < 1.29 is 14.3 Å². The topological polar surface area (TPSA) is 78.6 Å². The van der Waals surface area contributed by atoms with E-state index in [1.807, 2.05) is 24.3 Å². The maximum absolute atomic E-state index is 12.8. The van der Waals surface area contributed by atoms with Crippen LogP contribution in [0, 0.1) is 0 Å². The van der Waals surface area contributed by atoms with Gasteiger partial charge in [0.25, 0.3) is 5.91 Å². The number of nitrogens with one attached hydrogen (secondary N) is 1. The van der Waals surface area contributed by atoms with Crippen molar-refractivity contribution in [1.29, 1.82) is 0 Å². The third-order valence-corrected chi connectivity index (χ3v) is 5.27. The lowest BCUT2D eigenvalue weighted by molar-refractivity contribution is 0.0997. The SMILES string of the molecule is O=C(Nc1cc(Cl)ccc1N1CCCC(O)CC1)c1ccc(-c2ccncc2)o1. The molecule has 4 rings (SSSR count). The van der Waals surface area contributed by atoms with Crippen LogP contribution in [0.25, 0.3) is 11.3 Å². The molecular formula is C22H22ClN3O3. The summed E-state index contributed by atoms with van der Waals surface area (Å²) >= 11 is 6.19. The van der Waals surface area contributed by atoms with Gasteiger partial charge in [-0.15, -0.1) is 0 Å². The van der Waals surface area contributed by atoms with Crippen LogP contribution in [0.15, 0.2) is 59.3 Å². The van der Waals surface area contributed by atoms with E-state index in [9.17, 15) is 9.90 Å². The van der Waals surface area contributed by atoms with E-state index in [1.54, 1.807) is 30.6 Å². The van der Waals surface area contributed by atoms with Crippen molar-refractivity contribution in [3.8, 4) is 11.3 Å². The number of pyridine rings is 1. The lowest BCUT2D eigenvalue weighted by Gasteiger charge is -2.25. The minimum atomic E-state index is -0.344. The molecule has 1 saturated heterocycles. The molecule has 3 heterocycles. The van der Waals surface area contributed by atoms with Crippen LogP contribution in [0.2, 0.25) is 5.02 Å². The molecule has 1 atom stereocenters. The number of hydrogen-bond donors (Lipinski definition) is 2. The molecule has 0 aliphatic carbocycles. The van der Waals surface area contributed by atoms with E-state index in [-0.39, 0.29) is 17.8 Å². The number of carbonyl (C=O) groups excluding carboxylic acids is 1. The molecule has 2 aromatic heterocycles. The van der Waals surface area contributed by atoms with Crippen molar-refractivity contribution in [2.24, 2.45) is 0 Å². The quantitative estimate of drug-likeness (QED) is 0.656. The van der Waals surface area contributed by atoms with Crippen molar-refractivity contribution in [1.82, 2.24) is 4.98 Å². The molecule has 1 aliphatic heterocycles. The van der Waals surface area contributed by atoms with Crippen LogP contribution in [-0.4, -0.2) is 35.2 Å². The van der Waals surface area contributed by atoms with Crippen LogP contribution >= 0.6 is 11.6 Å². The van der Waals surface area contributed by atoms with Gasteiger partial charge in [-0.1, -0.05) is 11.6 Å². The molecule has 0 bridgehead atoms. The normalized spacial score (nSPS) is 17.0. The molecule has 1 aliphatic rings. The minimum Gasteiger partial charge on any atom is -0.451 e. The summed E-state index contributed by atoms with van der Waals surface area (Å²) in [6, 6.07) is 12.5. The Bertz CT molecular complexity index is 990. The van der Waals surface area contributed by atoms with E-state index in [2.05, 4.69) is 15.2 Å². The van der Waals surface area contributed by atoms with E-state index in [1.165, 1.54) is 0 Å². The fourth-order valence-corrected chi connectivity index (χ4v) is 3.69. The van der Waals surface area contributed by atoms with E-state index in [0.717, 1.165) is 37.2 Å². The number of amides is 1. The van der Waals surface area contributed by atoms with E-state index >= 15 is 0 Å². The fourth-order valence-electron chi connectivity index (χ4n) is 3.52. The first kappa shape index (κ1) is 19.5. The van der Waals surface area contributed by atoms with Gasteiger partial charge in [0.2, 0.25) is 0 Å². The molecule has 0 saturated carbocycles. The molecule has 0 spiro atoms. The molecule has 1 unspecified atom stereocenters. The first-order valence-electron chi connectivity index (χ1n) is 9.64. The van der Waals surface area contributed by atoms with Crippen molar-refractivity contribution in [2.75, 3.05) is 23.3 Å². The molecule has 150 valence electrons. The number of aromatic nitrogens is 1. The highest BCUT2D eigenvalue weighted by atomic mass is 35.5.